The summed E-state index contributed by atoms with van der Waals surface area (Å²) in [4.78, 5) is 12.1. The SMILES string of the molecule is C[C@H]1Oc2c(Cl)c(-c3ccc(F)c4sc(N)c(C#N)c34)c(F)c3nc(OC[C@@]45CCCN4C[C@H](F)C5)nc(c23)N(CC(F)F)[C@H]1C(C)(C)O. The van der Waals surface area contributed by atoms with Gasteiger partial charge in [-0.25, -0.2) is 22.0 Å². The van der Waals surface area contributed by atoms with Crippen LogP contribution in [0.3, 0.4) is 0 Å². The van der Waals surface area contributed by atoms with Crippen LogP contribution in [0.15, 0.2) is 12.1 Å². The molecule has 0 saturated carbocycles. The van der Waals surface area contributed by atoms with Crippen LogP contribution in [0.2, 0.25) is 5.02 Å². The Labute approximate surface area is 287 Å². The fraction of sp³-hybridized carbons (Fsp3) is 0.485. The van der Waals surface area contributed by atoms with Crippen LogP contribution in [-0.2, 0) is 0 Å². The molecule has 0 bridgehead atoms. The standard InChI is InChI=1S/C33H32ClF5N6O3S/c1-14-28(32(2,3)46)45(12-19(37)38)30-22-25(42-31(43-30)47-13-33-7-4-8-44(33)11-15(35)9-33)24(39)21(23(34)26(22)48-14)16-5-6-18(36)27-20(16)17(10-40)29(41)49-27/h5-6,14-15,19,28,46H,4,7-9,11-13,41H2,1-3H3/t14-,15-,28-,33+/m1/s1. The molecule has 49 heavy (non-hydrogen) atoms. The molecule has 4 atom stereocenters. The van der Waals surface area contributed by atoms with Gasteiger partial charge in [-0.3, -0.25) is 4.90 Å². The summed E-state index contributed by atoms with van der Waals surface area (Å²) < 4.78 is 87.7. The van der Waals surface area contributed by atoms with Crippen LogP contribution in [0.1, 0.15) is 45.6 Å². The lowest BCUT2D eigenvalue weighted by molar-refractivity contribution is 0.00300. The molecule has 0 unspecified atom stereocenters. The highest BCUT2D eigenvalue weighted by molar-refractivity contribution is 7.23. The fourth-order valence-corrected chi connectivity index (χ4v) is 9.22. The maximum atomic E-state index is 17.2. The lowest BCUT2D eigenvalue weighted by Gasteiger charge is -2.41. The second-order valence-electron chi connectivity index (χ2n) is 13.5. The summed E-state index contributed by atoms with van der Waals surface area (Å²) in [5.74, 6) is -2.10. The Morgan fingerprint density at radius 2 is 2.04 bits per heavy atom. The minimum Gasteiger partial charge on any atom is -0.486 e. The normalized spacial score (nSPS) is 24.0. The highest BCUT2D eigenvalue weighted by Crippen LogP contribution is 2.52. The van der Waals surface area contributed by atoms with Crippen LogP contribution in [0.25, 0.3) is 32.1 Å². The number of nitrogens with zero attached hydrogens (tertiary/aromatic N) is 5. The highest BCUT2D eigenvalue weighted by atomic mass is 35.5. The highest BCUT2D eigenvalue weighted by Gasteiger charge is 2.50. The van der Waals surface area contributed by atoms with E-state index in [9.17, 15) is 23.5 Å². The minimum atomic E-state index is -2.92. The smallest absolute Gasteiger partial charge is 0.319 e. The summed E-state index contributed by atoms with van der Waals surface area (Å²) in [6.45, 7) is 4.38. The number of ether oxygens (including phenoxy) is 2. The molecule has 2 aromatic heterocycles. The maximum absolute atomic E-state index is 17.2. The molecule has 2 saturated heterocycles. The molecular formula is C33H32ClF5N6O3S. The number of halogens is 6. The molecule has 2 fully saturated rings. The number of nitrogens with two attached hydrogens (primary N) is 1. The Morgan fingerprint density at radius 3 is 2.73 bits per heavy atom. The van der Waals surface area contributed by atoms with E-state index in [4.69, 9.17) is 26.8 Å². The van der Waals surface area contributed by atoms with Gasteiger partial charge in [0.25, 0.3) is 6.43 Å². The van der Waals surface area contributed by atoms with E-state index in [1.54, 1.807) is 6.92 Å². The molecule has 0 radical (unpaired) electrons. The van der Waals surface area contributed by atoms with Gasteiger partial charge in [-0.1, -0.05) is 17.7 Å². The lowest BCUT2D eigenvalue weighted by Crippen LogP contribution is -2.57. The molecule has 5 heterocycles. The summed E-state index contributed by atoms with van der Waals surface area (Å²) in [6.07, 6.45) is -3.29. The van der Waals surface area contributed by atoms with Gasteiger partial charge in [0, 0.05) is 23.9 Å². The quantitative estimate of drug-likeness (QED) is 0.198. The summed E-state index contributed by atoms with van der Waals surface area (Å²) in [6, 6.07) is 2.79. The van der Waals surface area contributed by atoms with Crippen molar-refractivity contribution < 1.29 is 36.5 Å². The number of hydrogen-bond acceptors (Lipinski definition) is 10. The van der Waals surface area contributed by atoms with E-state index in [1.807, 2.05) is 11.0 Å². The Balaban J connectivity index is 1.51. The van der Waals surface area contributed by atoms with Gasteiger partial charge in [-0.05, 0) is 51.8 Å². The molecule has 9 nitrogen and oxygen atoms in total. The van der Waals surface area contributed by atoms with Crippen LogP contribution in [0.5, 0.6) is 11.8 Å². The maximum Gasteiger partial charge on any atom is 0.319 e. The van der Waals surface area contributed by atoms with Crippen molar-refractivity contribution in [1.82, 2.24) is 14.9 Å². The van der Waals surface area contributed by atoms with Crippen molar-refractivity contribution in [1.29, 1.82) is 5.26 Å². The Kier molecular flexibility index (Phi) is 8.25. The number of aliphatic hydroxyl groups is 1. The van der Waals surface area contributed by atoms with E-state index in [0.29, 0.717) is 13.0 Å². The van der Waals surface area contributed by atoms with E-state index < -0.39 is 59.6 Å². The number of aromatic nitrogens is 2. The molecule has 2 aromatic carbocycles. The second-order valence-corrected chi connectivity index (χ2v) is 14.9. The van der Waals surface area contributed by atoms with Gasteiger partial charge in [0.05, 0.1) is 44.4 Å². The van der Waals surface area contributed by atoms with Crippen molar-refractivity contribution in [3.63, 3.8) is 0 Å². The van der Waals surface area contributed by atoms with Crippen molar-refractivity contribution in [2.75, 3.05) is 36.9 Å². The predicted octanol–water partition coefficient (Wildman–Crippen LogP) is 6.84. The monoisotopic (exact) mass is 722 g/mol. The molecule has 3 aliphatic rings. The first-order valence-corrected chi connectivity index (χ1v) is 16.9. The van der Waals surface area contributed by atoms with E-state index >= 15 is 8.78 Å². The number of benzene rings is 2. The molecule has 3 aliphatic heterocycles. The third-order valence-electron chi connectivity index (χ3n) is 9.79. The summed E-state index contributed by atoms with van der Waals surface area (Å²) >= 11 is 7.78. The van der Waals surface area contributed by atoms with E-state index in [1.165, 1.54) is 19.9 Å². The van der Waals surface area contributed by atoms with Gasteiger partial charge in [0.2, 0.25) is 0 Å². The van der Waals surface area contributed by atoms with Gasteiger partial charge in [0.15, 0.2) is 11.6 Å². The predicted molar refractivity (Wildman–Crippen MR) is 176 cm³/mol. The molecule has 7 rings (SSSR count). The molecule has 260 valence electrons. The number of thiophene rings is 1. The van der Waals surface area contributed by atoms with Crippen molar-refractivity contribution in [2.24, 2.45) is 0 Å². The average Bonchev–Trinajstić information content (AvgIpc) is 3.64. The third-order valence-corrected chi connectivity index (χ3v) is 11.2. The van der Waals surface area contributed by atoms with Crippen molar-refractivity contribution in [2.45, 2.75) is 75.9 Å². The number of fused-ring (bicyclic) bond motifs is 2. The zero-order chi connectivity index (χ0) is 35.2. The molecular weight excluding hydrogens is 691 g/mol. The molecule has 0 spiro atoms. The van der Waals surface area contributed by atoms with Crippen LogP contribution in [-0.4, -0.2) is 82.1 Å². The third kappa shape index (κ3) is 5.38. The average molecular weight is 723 g/mol. The largest absolute Gasteiger partial charge is 0.486 e. The lowest BCUT2D eigenvalue weighted by atomic mass is 9.92. The van der Waals surface area contributed by atoms with Crippen LogP contribution >= 0.6 is 22.9 Å². The van der Waals surface area contributed by atoms with Crippen LogP contribution < -0.4 is 20.1 Å². The summed E-state index contributed by atoms with van der Waals surface area (Å²) in [5, 5.41) is 20.8. The minimum absolute atomic E-state index is 0.00275. The first kappa shape index (κ1) is 33.8. The van der Waals surface area contributed by atoms with Gasteiger partial charge < -0.3 is 25.2 Å². The second kappa shape index (κ2) is 12.0. The molecule has 3 N–H and O–H groups in total. The van der Waals surface area contributed by atoms with Crippen molar-refractivity contribution >= 4 is 54.7 Å². The summed E-state index contributed by atoms with van der Waals surface area (Å²) in [5.41, 5.74) is 2.99. The fourth-order valence-electron chi connectivity index (χ4n) is 7.95. The molecule has 0 amide bonds. The number of anilines is 2. The van der Waals surface area contributed by atoms with E-state index in [-0.39, 0.29) is 79.3 Å². The number of alkyl halides is 3. The topological polar surface area (TPSA) is 121 Å². The molecule has 4 aromatic rings. The van der Waals surface area contributed by atoms with Crippen LogP contribution in [0.4, 0.5) is 32.8 Å². The molecule has 0 aliphatic carbocycles. The van der Waals surface area contributed by atoms with Gasteiger partial charge in [0.1, 0.15) is 47.1 Å². The van der Waals surface area contributed by atoms with Gasteiger partial charge >= 0.3 is 6.01 Å². The number of rotatable bonds is 7. The first-order chi connectivity index (χ1) is 23.1. The van der Waals surface area contributed by atoms with E-state index in [2.05, 4.69) is 9.97 Å². The number of nitrogen functional groups attached to an aromatic ring is 1. The van der Waals surface area contributed by atoms with Gasteiger partial charge in [-0.15, -0.1) is 11.3 Å². The first-order valence-electron chi connectivity index (χ1n) is 15.7. The zero-order valence-corrected chi connectivity index (χ0v) is 28.2. The van der Waals surface area contributed by atoms with Crippen molar-refractivity contribution in [3.05, 3.63) is 34.4 Å². The molecule has 16 heteroatoms. The van der Waals surface area contributed by atoms with E-state index in [0.717, 1.165) is 28.7 Å². The zero-order valence-electron chi connectivity index (χ0n) is 26.7. The van der Waals surface area contributed by atoms with Gasteiger partial charge in [-0.2, -0.15) is 15.2 Å². The van der Waals surface area contributed by atoms with Crippen LogP contribution in [0, 0.1) is 23.0 Å². The number of nitriles is 1. The number of hydrogen-bond donors (Lipinski definition) is 2. The summed E-state index contributed by atoms with van der Waals surface area (Å²) in [7, 11) is 0. The van der Waals surface area contributed by atoms with Crippen molar-refractivity contribution in [3.8, 4) is 29.0 Å². The Hall–Kier alpha value is -3.71. The Bertz CT molecular complexity index is 2040. The Morgan fingerprint density at radius 1 is 1.29 bits per heavy atom.